The van der Waals surface area contributed by atoms with Crippen LogP contribution in [-0.2, 0) is 10.3 Å². The molecule has 0 bridgehead atoms. The zero-order chi connectivity index (χ0) is 16.9. The van der Waals surface area contributed by atoms with Gasteiger partial charge in [-0.1, -0.05) is 24.8 Å². The average molecular weight is 321 g/mol. The maximum absolute atomic E-state index is 12.2. The lowest BCUT2D eigenvalue weighted by Gasteiger charge is -2.31. The SMILES string of the molecule is C=C1c2cc(OC)ccc2[C@]2(c3ccc(OC)cc3)NC(=O)C[C@H]12. The van der Waals surface area contributed by atoms with Crippen molar-refractivity contribution >= 4 is 11.5 Å². The van der Waals surface area contributed by atoms with Crippen molar-refractivity contribution in [3.8, 4) is 11.5 Å². The smallest absolute Gasteiger partial charge is 0.221 e. The predicted molar refractivity (Wildman–Crippen MR) is 92.1 cm³/mol. The number of methoxy groups -OCH3 is 2. The lowest BCUT2D eigenvalue weighted by Crippen LogP contribution is -2.41. The van der Waals surface area contributed by atoms with Crippen molar-refractivity contribution in [3.63, 3.8) is 0 Å². The van der Waals surface area contributed by atoms with Crippen LogP contribution in [0.15, 0.2) is 49.0 Å². The minimum Gasteiger partial charge on any atom is -0.497 e. The molecule has 2 aliphatic rings. The summed E-state index contributed by atoms with van der Waals surface area (Å²) in [6, 6.07) is 13.9. The van der Waals surface area contributed by atoms with Crippen molar-refractivity contribution in [1.29, 1.82) is 0 Å². The summed E-state index contributed by atoms with van der Waals surface area (Å²) in [6.45, 7) is 4.28. The Kier molecular flexibility index (Phi) is 3.17. The molecular formula is C20H19NO3. The first-order valence-electron chi connectivity index (χ1n) is 7.93. The molecule has 1 heterocycles. The Bertz CT molecular complexity index is 840. The number of amides is 1. The minimum atomic E-state index is -0.554. The highest BCUT2D eigenvalue weighted by Gasteiger charge is 2.55. The topological polar surface area (TPSA) is 47.6 Å². The van der Waals surface area contributed by atoms with Gasteiger partial charge in [0.15, 0.2) is 0 Å². The molecule has 4 heteroatoms. The summed E-state index contributed by atoms with van der Waals surface area (Å²) in [6.07, 6.45) is 0.446. The number of benzene rings is 2. The van der Waals surface area contributed by atoms with E-state index in [0.717, 1.165) is 33.8 Å². The maximum Gasteiger partial charge on any atom is 0.221 e. The van der Waals surface area contributed by atoms with Gasteiger partial charge in [-0.15, -0.1) is 0 Å². The lowest BCUT2D eigenvalue weighted by atomic mass is 9.78. The Labute approximate surface area is 141 Å². The summed E-state index contributed by atoms with van der Waals surface area (Å²) in [5.74, 6) is 1.66. The van der Waals surface area contributed by atoms with E-state index in [0.29, 0.717) is 6.42 Å². The summed E-state index contributed by atoms with van der Waals surface area (Å²) < 4.78 is 10.6. The van der Waals surface area contributed by atoms with Crippen molar-refractivity contribution in [3.05, 3.63) is 65.7 Å². The van der Waals surface area contributed by atoms with Gasteiger partial charge in [0.1, 0.15) is 11.5 Å². The highest BCUT2D eigenvalue weighted by Crippen LogP contribution is 2.56. The van der Waals surface area contributed by atoms with Gasteiger partial charge in [0, 0.05) is 12.3 Å². The third kappa shape index (κ3) is 1.83. The standard InChI is InChI=1S/C20H19NO3/c1-12-16-10-15(24-3)8-9-17(16)20(18(12)11-19(22)21-20)13-4-6-14(23-2)7-5-13/h4-10,18H,1,11H2,2-3H3,(H,21,22)/t18-,20+/m1/s1. The highest BCUT2D eigenvalue weighted by molar-refractivity contribution is 5.91. The van der Waals surface area contributed by atoms with Crippen LogP contribution in [0.5, 0.6) is 11.5 Å². The molecule has 2 atom stereocenters. The van der Waals surface area contributed by atoms with Gasteiger partial charge < -0.3 is 14.8 Å². The fourth-order valence-corrected chi connectivity index (χ4v) is 4.07. The molecule has 1 aliphatic heterocycles. The molecule has 0 spiro atoms. The van der Waals surface area contributed by atoms with Gasteiger partial charge in [-0.3, -0.25) is 4.79 Å². The predicted octanol–water partition coefficient (Wildman–Crippen LogP) is 3.11. The molecule has 1 fully saturated rings. The second-order valence-corrected chi connectivity index (χ2v) is 6.28. The fraction of sp³-hybridized carbons (Fsp3) is 0.250. The molecule has 0 radical (unpaired) electrons. The molecule has 4 rings (SSSR count). The zero-order valence-electron chi connectivity index (χ0n) is 13.8. The van der Waals surface area contributed by atoms with Crippen molar-refractivity contribution in [1.82, 2.24) is 5.32 Å². The number of carbonyl (C=O) groups is 1. The van der Waals surface area contributed by atoms with E-state index >= 15 is 0 Å². The number of ether oxygens (including phenoxy) is 2. The van der Waals surface area contributed by atoms with Crippen molar-refractivity contribution in [2.75, 3.05) is 14.2 Å². The molecule has 1 amide bonds. The number of hydrogen-bond donors (Lipinski definition) is 1. The summed E-state index contributed by atoms with van der Waals surface area (Å²) in [5.41, 5.74) is 3.62. The van der Waals surface area contributed by atoms with E-state index in [9.17, 15) is 4.79 Å². The minimum absolute atomic E-state index is 0.0144. The van der Waals surface area contributed by atoms with E-state index in [1.165, 1.54) is 0 Å². The van der Waals surface area contributed by atoms with Crippen LogP contribution in [0.25, 0.3) is 5.57 Å². The third-order valence-corrected chi connectivity index (χ3v) is 5.21. The van der Waals surface area contributed by atoms with Crippen LogP contribution in [0.3, 0.4) is 0 Å². The quantitative estimate of drug-likeness (QED) is 0.945. The van der Waals surface area contributed by atoms with Crippen LogP contribution in [0.1, 0.15) is 23.1 Å². The average Bonchev–Trinajstić information content (AvgIpc) is 3.08. The summed E-state index contributed by atoms with van der Waals surface area (Å²) in [5, 5.41) is 3.23. The molecule has 4 nitrogen and oxygen atoms in total. The Morgan fingerprint density at radius 3 is 2.42 bits per heavy atom. The van der Waals surface area contributed by atoms with Gasteiger partial charge in [0.05, 0.1) is 19.8 Å². The summed E-state index contributed by atoms with van der Waals surface area (Å²) >= 11 is 0. The Morgan fingerprint density at radius 2 is 1.75 bits per heavy atom. The van der Waals surface area contributed by atoms with Gasteiger partial charge in [0.2, 0.25) is 5.91 Å². The number of rotatable bonds is 3. The van der Waals surface area contributed by atoms with E-state index in [4.69, 9.17) is 9.47 Å². The van der Waals surface area contributed by atoms with Crippen LogP contribution >= 0.6 is 0 Å². The number of hydrogen-bond acceptors (Lipinski definition) is 3. The van der Waals surface area contributed by atoms with E-state index < -0.39 is 5.54 Å². The lowest BCUT2D eigenvalue weighted by molar-refractivity contribution is -0.119. The highest BCUT2D eigenvalue weighted by atomic mass is 16.5. The van der Waals surface area contributed by atoms with E-state index in [-0.39, 0.29) is 11.8 Å². The molecule has 122 valence electrons. The van der Waals surface area contributed by atoms with E-state index in [1.807, 2.05) is 42.5 Å². The van der Waals surface area contributed by atoms with Gasteiger partial charge in [-0.25, -0.2) is 0 Å². The van der Waals surface area contributed by atoms with Crippen molar-refractivity contribution in [2.45, 2.75) is 12.0 Å². The van der Waals surface area contributed by atoms with Crippen LogP contribution < -0.4 is 14.8 Å². The molecule has 1 aliphatic carbocycles. The fourth-order valence-electron chi connectivity index (χ4n) is 4.07. The zero-order valence-corrected chi connectivity index (χ0v) is 13.8. The first-order valence-corrected chi connectivity index (χ1v) is 7.93. The second-order valence-electron chi connectivity index (χ2n) is 6.28. The first-order chi connectivity index (χ1) is 11.6. The van der Waals surface area contributed by atoms with Crippen molar-refractivity contribution in [2.24, 2.45) is 5.92 Å². The molecule has 0 unspecified atom stereocenters. The Hall–Kier alpha value is -2.75. The summed E-state index contributed by atoms with van der Waals surface area (Å²) in [7, 11) is 3.30. The molecule has 2 aromatic carbocycles. The van der Waals surface area contributed by atoms with Gasteiger partial charge in [-0.05, 0) is 46.5 Å². The molecule has 1 N–H and O–H groups in total. The first kappa shape index (κ1) is 14.8. The molecule has 0 saturated carbocycles. The van der Waals surface area contributed by atoms with Crippen molar-refractivity contribution < 1.29 is 14.3 Å². The number of fused-ring (bicyclic) bond motifs is 3. The van der Waals surface area contributed by atoms with Crippen LogP contribution in [0, 0.1) is 5.92 Å². The van der Waals surface area contributed by atoms with Crippen LogP contribution in [-0.4, -0.2) is 20.1 Å². The van der Waals surface area contributed by atoms with Gasteiger partial charge in [0.25, 0.3) is 0 Å². The Balaban J connectivity index is 1.93. The Morgan fingerprint density at radius 1 is 1.08 bits per heavy atom. The van der Waals surface area contributed by atoms with Crippen LogP contribution in [0.2, 0.25) is 0 Å². The second kappa shape index (κ2) is 5.13. The normalized spacial score (nSPS) is 24.3. The van der Waals surface area contributed by atoms with Gasteiger partial charge >= 0.3 is 0 Å². The third-order valence-electron chi connectivity index (χ3n) is 5.21. The number of carbonyl (C=O) groups excluding carboxylic acids is 1. The van der Waals surface area contributed by atoms with E-state index in [1.54, 1.807) is 14.2 Å². The molecular weight excluding hydrogens is 302 g/mol. The number of nitrogens with one attached hydrogen (secondary N) is 1. The molecule has 0 aromatic heterocycles. The van der Waals surface area contributed by atoms with Gasteiger partial charge in [-0.2, -0.15) is 0 Å². The molecule has 1 saturated heterocycles. The van der Waals surface area contributed by atoms with E-state index in [2.05, 4.69) is 11.9 Å². The molecule has 2 aromatic rings. The largest absolute Gasteiger partial charge is 0.497 e. The summed E-state index contributed by atoms with van der Waals surface area (Å²) in [4.78, 5) is 12.2. The maximum atomic E-state index is 12.2. The molecule has 24 heavy (non-hydrogen) atoms. The monoisotopic (exact) mass is 321 g/mol. The van der Waals surface area contributed by atoms with Crippen LogP contribution in [0.4, 0.5) is 0 Å².